The molecule has 3 rings (SSSR count). The van der Waals surface area contributed by atoms with Gasteiger partial charge in [0, 0.05) is 24.8 Å². The molecule has 2 aliphatic rings. The Hall–Kier alpha value is -1.43. The fourth-order valence-corrected chi connectivity index (χ4v) is 3.29. The highest BCUT2D eigenvalue weighted by atomic mass is 16.2. The third kappa shape index (κ3) is 3.66. The molecule has 2 fully saturated rings. The zero-order valence-electron chi connectivity index (χ0n) is 13.3. The number of carbonyl (C=O) groups is 1. The maximum absolute atomic E-state index is 12.9. The summed E-state index contributed by atoms with van der Waals surface area (Å²) in [6, 6.07) is 10.2. The number of likely N-dealkylation sites (tertiary alicyclic amines) is 1. The van der Waals surface area contributed by atoms with Crippen LogP contribution in [-0.2, 0) is 4.79 Å². The molecular weight excluding hydrogens is 276 g/mol. The van der Waals surface area contributed by atoms with E-state index in [1.54, 1.807) is 0 Å². The van der Waals surface area contributed by atoms with Crippen molar-refractivity contribution >= 4 is 11.6 Å². The zero-order chi connectivity index (χ0) is 15.4. The van der Waals surface area contributed by atoms with Crippen LogP contribution >= 0.6 is 0 Å². The standard InChI is InChI=1S/C17H26N4O/c1-14-13-16(19-18-14)17(22)21(15-7-3-2-4-8-15)12-11-20-9-5-6-10-20/h2-4,7-8,14,16,18-19H,5-6,9-13H2,1H3. The Balaban J connectivity index is 1.69. The van der Waals surface area contributed by atoms with E-state index >= 15 is 0 Å². The van der Waals surface area contributed by atoms with Gasteiger partial charge >= 0.3 is 0 Å². The van der Waals surface area contributed by atoms with E-state index in [2.05, 4.69) is 22.7 Å². The van der Waals surface area contributed by atoms with Gasteiger partial charge in [-0.3, -0.25) is 10.2 Å². The van der Waals surface area contributed by atoms with Crippen LogP contribution in [-0.4, -0.2) is 49.1 Å². The Labute approximate surface area is 132 Å². The Kier molecular flexibility index (Phi) is 5.08. The fraction of sp³-hybridized carbons (Fsp3) is 0.588. The van der Waals surface area contributed by atoms with Crippen LogP contribution in [0, 0.1) is 0 Å². The first-order valence-electron chi connectivity index (χ1n) is 8.34. The monoisotopic (exact) mass is 302 g/mol. The summed E-state index contributed by atoms with van der Waals surface area (Å²) in [5, 5.41) is 0. The highest BCUT2D eigenvalue weighted by molar-refractivity contribution is 5.97. The summed E-state index contributed by atoms with van der Waals surface area (Å²) in [6.45, 7) is 6.14. The van der Waals surface area contributed by atoms with Crippen LogP contribution in [0.4, 0.5) is 5.69 Å². The van der Waals surface area contributed by atoms with Gasteiger partial charge in [0.1, 0.15) is 6.04 Å². The van der Waals surface area contributed by atoms with Crippen LogP contribution in [0.5, 0.6) is 0 Å². The molecule has 0 bridgehead atoms. The molecule has 0 radical (unpaired) electrons. The molecule has 0 spiro atoms. The highest BCUT2D eigenvalue weighted by Gasteiger charge is 2.31. The van der Waals surface area contributed by atoms with Gasteiger partial charge < -0.3 is 9.80 Å². The SMILES string of the molecule is CC1CC(C(=O)N(CCN2CCCC2)c2ccccc2)NN1. The number of hydrazine groups is 1. The van der Waals surface area contributed by atoms with Gasteiger partial charge in [0.2, 0.25) is 5.91 Å². The molecule has 1 aromatic carbocycles. The van der Waals surface area contributed by atoms with Gasteiger partial charge in [-0.15, -0.1) is 0 Å². The predicted molar refractivity (Wildman–Crippen MR) is 88.6 cm³/mol. The lowest BCUT2D eigenvalue weighted by atomic mass is 10.1. The molecule has 1 aromatic rings. The summed E-state index contributed by atoms with van der Waals surface area (Å²) in [5.41, 5.74) is 7.27. The summed E-state index contributed by atoms with van der Waals surface area (Å²) in [7, 11) is 0. The first-order chi connectivity index (χ1) is 10.7. The quantitative estimate of drug-likeness (QED) is 0.862. The van der Waals surface area contributed by atoms with E-state index in [-0.39, 0.29) is 11.9 Å². The number of para-hydroxylation sites is 1. The molecule has 1 amide bonds. The number of carbonyl (C=O) groups excluding carboxylic acids is 1. The second-order valence-corrected chi connectivity index (χ2v) is 6.35. The largest absolute Gasteiger partial charge is 0.310 e. The maximum Gasteiger partial charge on any atom is 0.245 e. The molecule has 2 unspecified atom stereocenters. The molecule has 5 heteroatoms. The summed E-state index contributed by atoms with van der Waals surface area (Å²) in [4.78, 5) is 17.3. The molecule has 2 saturated heterocycles. The van der Waals surface area contributed by atoms with Gasteiger partial charge in [0.15, 0.2) is 0 Å². The van der Waals surface area contributed by atoms with Crippen LogP contribution in [0.25, 0.3) is 0 Å². The number of rotatable bonds is 5. The van der Waals surface area contributed by atoms with Crippen molar-refractivity contribution in [1.82, 2.24) is 15.8 Å². The van der Waals surface area contributed by atoms with Crippen molar-refractivity contribution in [2.24, 2.45) is 0 Å². The first kappa shape index (κ1) is 15.5. The molecule has 0 aliphatic carbocycles. The van der Waals surface area contributed by atoms with E-state index in [4.69, 9.17) is 0 Å². The van der Waals surface area contributed by atoms with E-state index in [9.17, 15) is 4.79 Å². The fourth-order valence-electron chi connectivity index (χ4n) is 3.29. The minimum atomic E-state index is -0.131. The topological polar surface area (TPSA) is 47.6 Å². The van der Waals surface area contributed by atoms with E-state index in [1.165, 1.54) is 12.8 Å². The summed E-state index contributed by atoms with van der Waals surface area (Å²) >= 11 is 0. The van der Waals surface area contributed by atoms with Crippen LogP contribution in [0.2, 0.25) is 0 Å². The Morgan fingerprint density at radius 2 is 1.95 bits per heavy atom. The lowest BCUT2D eigenvalue weighted by Crippen LogP contribution is -2.48. The molecule has 22 heavy (non-hydrogen) atoms. The first-order valence-corrected chi connectivity index (χ1v) is 8.34. The normalized spacial score (nSPS) is 25.5. The maximum atomic E-state index is 12.9. The average molecular weight is 302 g/mol. The van der Waals surface area contributed by atoms with Gasteiger partial charge in [0.05, 0.1) is 0 Å². The van der Waals surface area contributed by atoms with Gasteiger partial charge in [-0.1, -0.05) is 18.2 Å². The Morgan fingerprint density at radius 1 is 1.23 bits per heavy atom. The van der Waals surface area contributed by atoms with E-state index in [0.717, 1.165) is 38.3 Å². The number of anilines is 1. The lowest BCUT2D eigenvalue weighted by molar-refractivity contribution is -0.120. The van der Waals surface area contributed by atoms with Crippen molar-refractivity contribution in [3.05, 3.63) is 30.3 Å². The van der Waals surface area contributed by atoms with Gasteiger partial charge in [0.25, 0.3) is 0 Å². The summed E-state index contributed by atoms with van der Waals surface area (Å²) in [6.07, 6.45) is 3.40. The number of benzene rings is 1. The molecule has 2 atom stereocenters. The van der Waals surface area contributed by atoms with Crippen LogP contribution in [0.15, 0.2) is 30.3 Å². The number of amides is 1. The Bertz CT molecular complexity index is 487. The highest BCUT2D eigenvalue weighted by Crippen LogP contribution is 2.18. The molecule has 5 nitrogen and oxygen atoms in total. The molecule has 2 N–H and O–H groups in total. The molecule has 120 valence electrons. The van der Waals surface area contributed by atoms with Crippen molar-refractivity contribution in [2.75, 3.05) is 31.1 Å². The minimum Gasteiger partial charge on any atom is -0.310 e. The van der Waals surface area contributed by atoms with Crippen molar-refractivity contribution in [3.8, 4) is 0 Å². The number of nitrogens with zero attached hydrogens (tertiary/aromatic N) is 2. The van der Waals surface area contributed by atoms with Crippen molar-refractivity contribution in [3.63, 3.8) is 0 Å². The second-order valence-electron chi connectivity index (χ2n) is 6.35. The summed E-state index contributed by atoms with van der Waals surface area (Å²) in [5.74, 6) is 0.169. The number of nitrogens with one attached hydrogen (secondary N) is 2. The predicted octanol–water partition coefficient (Wildman–Crippen LogP) is 1.37. The average Bonchev–Trinajstić information content (AvgIpc) is 3.20. The third-order valence-electron chi connectivity index (χ3n) is 4.56. The zero-order valence-corrected chi connectivity index (χ0v) is 13.3. The Morgan fingerprint density at radius 3 is 2.59 bits per heavy atom. The lowest BCUT2D eigenvalue weighted by Gasteiger charge is -2.27. The van der Waals surface area contributed by atoms with Crippen molar-refractivity contribution in [2.45, 2.75) is 38.3 Å². The molecule has 0 aromatic heterocycles. The number of hydrogen-bond acceptors (Lipinski definition) is 4. The van der Waals surface area contributed by atoms with Gasteiger partial charge in [-0.25, -0.2) is 5.43 Å². The van der Waals surface area contributed by atoms with E-state index in [1.807, 2.05) is 35.2 Å². The summed E-state index contributed by atoms with van der Waals surface area (Å²) < 4.78 is 0. The molecular formula is C17H26N4O. The van der Waals surface area contributed by atoms with Crippen molar-refractivity contribution in [1.29, 1.82) is 0 Å². The van der Waals surface area contributed by atoms with Gasteiger partial charge in [-0.2, -0.15) is 0 Å². The molecule has 2 aliphatic heterocycles. The molecule has 0 saturated carbocycles. The minimum absolute atomic E-state index is 0.131. The van der Waals surface area contributed by atoms with Crippen molar-refractivity contribution < 1.29 is 4.79 Å². The number of hydrogen-bond donors (Lipinski definition) is 2. The van der Waals surface area contributed by atoms with E-state index < -0.39 is 0 Å². The third-order valence-corrected chi connectivity index (χ3v) is 4.56. The second kappa shape index (κ2) is 7.22. The van der Waals surface area contributed by atoms with Crippen LogP contribution < -0.4 is 15.8 Å². The van der Waals surface area contributed by atoms with Crippen LogP contribution in [0.3, 0.4) is 0 Å². The van der Waals surface area contributed by atoms with Gasteiger partial charge in [-0.05, 0) is 51.4 Å². The van der Waals surface area contributed by atoms with Crippen LogP contribution in [0.1, 0.15) is 26.2 Å². The smallest absolute Gasteiger partial charge is 0.245 e. The van der Waals surface area contributed by atoms with E-state index in [0.29, 0.717) is 6.04 Å². The molecule has 2 heterocycles.